The molecule has 0 amide bonds. The van der Waals surface area contributed by atoms with E-state index >= 15 is 0 Å². The molecule has 0 saturated heterocycles. The van der Waals surface area contributed by atoms with Gasteiger partial charge < -0.3 is 16.0 Å². The SMILES string of the molecule is Cc1cnc(NC(C)CCN(C)C)cc1N. The zero-order chi connectivity index (χ0) is 12.1. The summed E-state index contributed by atoms with van der Waals surface area (Å²) in [6.45, 7) is 5.18. The molecule has 0 fully saturated rings. The molecule has 1 heterocycles. The number of pyridine rings is 1. The Kier molecular flexibility index (Phi) is 4.55. The Hall–Kier alpha value is -1.29. The van der Waals surface area contributed by atoms with E-state index in [1.807, 2.05) is 13.0 Å². The van der Waals surface area contributed by atoms with E-state index in [-0.39, 0.29) is 0 Å². The van der Waals surface area contributed by atoms with Crippen molar-refractivity contribution in [3.8, 4) is 0 Å². The zero-order valence-corrected chi connectivity index (χ0v) is 10.6. The van der Waals surface area contributed by atoms with Gasteiger partial charge in [-0.1, -0.05) is 0 Å². The summed E-state index contributed by atoms with van der Waals surface area (Å²) in [5.74, 6) is 0.856. The number of nitrogen functional groups attached to an aromatic ring is 1. The molecule has 0 bridgehead atoms. The van der Waals surface area contributed by atoms with Crippen LogP contribution < -0.4 is 11.1 Å². The fourth-order valence-electron chi connectivity index (χ4n) is 1.39. The van der Waals surface area contributed by atoms with E-state index in [1.54, 1.807) is 6.20 Å². The molecule has 1 rings (SSSR count). The molecule has 0 radical (unpaired) electrons. The van der Waals surface area contributed by atoms with Gasteiger partial charge in [0.25, 0.3) is 0 Å². The average molecular weight is 222 g/mol. The molecule has 4 heteroatoms. The fourth-order valence-corrected chi connectivity index (χ4v) is 1.39. The zero-order valence-electron chi connectivity index (χ0n) is 10.6. The summed E-state index contributed by atoms with van der Waals surface area (Å²) in [6, 6.07) is 2.29. The van der Waals surface area contributed by atoms with Gasteiger partial charge in [0.15, 0.2) is 0 Å². The van der Waals surface area contributed by atoms with Gasteiger partial charge in [-0.2, -0.15) is 0 Å². The van der Waals surface area contributed by atoms with Gasteiger partial charge in [-0.15, -0.1) is 0 Å². The number of rotatable bonds is 5. The number of aromatic nitrogens is 1. The van der Waals surface area contributed by atoms with E-state index < -0.39 is 0 Å². The summed E-state index contributed by atoms with van der Waals surface area (Å²) in [6.07, 6.45) is 2.89. The van der Waals surface area contributed by atoms with Gasteiger partial charge in [0.2, 0.25) is 0 Å². The third kappa shape index (κ3) is 4.06. The highest BCUT2D eigenvalue weighted by Crippen LogP contribution is 2.14. The number of hydrogen-bond acceptors (Lipinski definition) is 4. The lowest BCUT2D eigenvalue weighted by Gasteiger charge is -2.17. The molecule has 0 saturated carbocycles. The molecule has 0 aliphatic heterocycles. The van der Waals surface area contributed by atoms with E-state index in [2.05, 4.69) is 36.2 Å². The minimum Gasteiger partial charge on any atom is -0.398 e. The van der Waals surface area contributed by atoms with Crippen LogP contribution in [0.5, 0.6) is 0 Å². The maximum absolute atomic E-state index is 5.83. The van der Waals surface area contributed by atoms with Crippen molar-refractivity contribution in [3.05, 3.63) is 17.8 Å². The van der Waals surface area contributed by atoms with Crippen LogP contribution >= 0.6 is 0 Å². The highest BCUT2D eigenvalue weighted by Gasteiger charge is 2.04. The molecule has 16 heavy (non-hydrogen) atoms. The van der Waals surface area contributed by atoms with Crippen LogP contribution in [0.1, 0.15) is 18.9 Å². The molecule has 0 aromatic carbocycles. The summed E-state index contributed by atoms with van der Waals surface area (Å²) < 4.78 is 0. The van der Waals surface area contributed by atoms with Crippen LogP contribution in [0, 0.1) is 6.92 Å². The second kappa shape index (κ2) is 5.70. The molecule has 90 valence electrons. The first-order valence-corrected chi connectivity index (χ1v) is 5.62. The first kappa shape index (κ1) is 12.8. The van der Waals surface area contributed by atoms with Crippen molar-refractivity contribution in [1.29, 1.82) is 0 Å². The predicted octanol–water partition coefficient (Wildman–Crippen LogP) is 1.72. The summed E-state index contributed by atoms with van der Waals surface area (Å²) in [4.78, 5) is 6.48. The largest absolute Gasteiger partial charge is 0.398 e. The van der Waals surface area contributed by atoms with Gasteiger partial charge in [-0.3, -0.25) is 0 Å². The maximum atomic E-state index is 5.83. The van der Waals surface area contributed by atoms with Crippen LogP contribution in [0.4, 0.5) is 11.5 Å². The van der Waals surface area contributed by atoms with Crippen molar-refractivity contribution in [2.75, 3.05) is 31.7 Å². The summed E-state index contributed by atoms with van der Waals surface area (Å²) in [5.41, 5.74) is 7.64. The fraction of sp³-hybridized carbons (Fsp3) is 0.583. The van der Waals surface area contributed by atoms with Crippen molar-refractivity contribution in [2.45, 2.75) is 26.3 Å². The predicted molar refractivity (Wildman–Crippen MR) is 69.6 cm³/mol. The third-order valence-corrected chi connectivity index (χ3v) is 2.55. The van der Waals surface area contributed by atoms with Crippen molar-refractivity contribution in [3.63, 3.8) is 0 Å². The number of nitrogens with zero attached hydrogens (tertiary/aromatic N) is 2. The smallest absolute Gasteiger partial charge is 0.128 e. The maximum Gasteiger partial charge on any atom is 0.128 e. The minimum atomic E-state index is 0.400. The summed E-state index contributed by atoms with van der Waals surface area (Å²) >= 11 is 0. The molecule has 1 unspecified atom stereocenters. The molecule has 1 atom stereocenters. The van der Waals surface area contributed by atoms with E-state index in [4.69, 9.17) is 5.73 Å². The van der Waals surface area contributed by atoms with Crippen LogP contribution in [0.3, 0.4) is 0 Å². The lowest BCUT2D eigenvalue weighted by atomic mass is 10.2. The lowest BCUT2D eigenvalue weighted by Crippen LogP contribution is -2.23. The van der Waals surface area contributed by atoms with Crippen LogP contribution in [0.15, 0.2) is 12.3 Å². The van der Waals surface area contributed by atoms with Gasteiger partial charge in [0, 0.05) is 24.0 Å². The van der Waals surface area contributed by atoms with Gasteiger partial charge in [0.1, 0.15) is 5.82 Å². The van der Waals surface area contributed by atoms with Crippen molar-refractivity contribution in [1.82, 2.24) is 9.88 Å². The molecular weight excluding hydrogens is 200 g/mol. The number of nitrogens with two attached hydrogens (primary N) is 1. The number of hydrogen-bond donors (Lipinski definition) is 2. The minimum absolute atomic E-state index is 0.400. The first-order valence-electron chi connectivity index (χ1n) is 5.62. The Balaban J connectivity index is 2.49. The highest BCUT2D eigenvalue weighted by atomic mass is 15.1. The van der Waals surface area contributed by atoms with E-state index in [0.717, 1.165) is 30.0 Å². The first-order chi connectivity index (χ1) is 7.49. The van der Waals surface area contributed by atoms with E-state index in [1.165, 1.54) is 0 Å². The summed E-state index contributed by atoms with van der Waals surface area (Å²) in [7, 11) is 4.16. The Morgan fingerprint density at radius 2 is 2.19 bits per heavy atom. The van der Waals surface area contributed by atoms with Crippen LogP contribution in [0.2, 0.25) is 0 Å². The monoisotopic (exact) mass is 222 g/mol. The Labute approximate surface area is 97.9 Å². The van der Waals surface area contributed by atoms with Crippen LogP contribution in [0.25, 0.3) is 0 Å². The molecular formula is C12H22N4. The molecule has 1 aromatic heterocycles. The van der Waals surface area contributed by atoms with Gasteiger partial charge in [0.05, 0.1) is 0 Å². The highest BCUT2D eigenvalue weighted by molar-refractivity contribution is 5.53. The van der Waals surface area contributed by atoms with Gasteiger partial charge in [-0.05, 0) is 46.5 Å². The van der Waals surface area contributed by atoms with Crippen LogP contribution in [-0.4, -0.2) is 36.6 Å². The topological polar surface area (TPSA) is 54.2 Å². The number of aryl methyl sites for hydroxylation is 1. The molecule has 4 nitrogen and oxygen atoms in total. The Morgan fingerprint density at radius 1 is 1.50 bits per heavy atom. The summed E-state index contributed by atoms with van der Waals surface area (Å²) in [5, 5.41) is 3.35. The van der Waals surface area contributed by atoms with Crippen molar-refractivity contribution < 1.29 is 0 Å². The van der Waals surface area contributed by atoms with E-state index in [9.17, 15) is 0 Å². The molecule has 3 N–H and O–H groups in total. The van der Waals surface area contributed by atoms with Crippen molar-refractivity contribution in [2.24, 2.45) is 0 Å². The molecule has 1 aromatic rings. The normalized spacial score (nSPS) is 12.8. The van der Waals surface area contributed by atoms with Crippen LogP contribution in [-0.2, 0) is 0 Å². The number of anilines is 2. The standard InChI is InChI=1S/C12H22N4/c1-9-8-14-12(7-11(9)13)15-10(2)5-6-16(3)4/h7-8,10H,5-6H2,1-4H3,(H3,13,14,15). The van der Waals surface area contributed by atoms with E-state index in [0.29, 0.717) is 6.04 Å². The lowest BCUT2D eigenvalue weighted by molar-refractivity contribution is 0.390. The Bertz CT molecular complexity index is 336. The molecule has 0 aliphatic rings. The van der Waals surface area contributed by atoms with Crippen molar-refractivity contribution >= 4 is 11.5 Å². The third-order valence-electron chi connectivity index (χ3n) is 2.55. The second-order valence-corrected chi connectivity index (χ2v) is 4.56. The molecule has 0 spiro atoms. The Morgan fingerprint density at radius 3 is 2.75 bits per heavy atom. The van der Waals surface area contributed by atoms with Gasteiger partial charge >= 0.3 is 0 Å². The second-order valence-electron chi connectivity index (χ2n) is 4.56. The number of nitrogens with one attached hydrogen (secondary N) is 1. The quantitative estimate of drug-likeness (QED) is 0.796. The average Bonchev–Trinajstić information content (AvgIpc) is 2.21. The molecule has 0 aliphatic carbocycles. The van der Waals surface area contributed by atoms with Gasteiger partial charge in [-0.25, -0.2) is 4.98 Å².